The van der Waals surface area contributed by atoms with Gasteiger partial charge in [-0.1, -0.05) is 72.8 Å². The Morgan fingerprint density at radius 1 is 0.457 bits per heavy atom. The van der Waals surface area contributed by atoms with Crippen LogP contribution in [0.4, 0.5) is 0 Å². The van der Waals surface area contributed by atoms with Crippen molar-refractivity contribution in [1.29, 1.82) is 26.3 Å². The molecular formula is C88H79N19O4S5. The zero-order valence-electron chi connectivity index (χ0n) is 64.9. The van der Waals surface area contributed by atoms with E-state index in [1.807, 2.05) is 136 Å². The molecule has 0 bridgehead atoms. The molecule has 8 N–H and O–H groups in total. The Hall–Kier alpha value is -12.9. The predicted octanol–water partition coefficient (Wildman–Crippen LogP) is 15.1. The Kier molecular flexibility index (Phi) is 21.4. The highest BCUT2D eigenvalue weighted by molar-refractivity contribution is 7.19. The first kappa shape index (κ1) is 79.8. The van der Waals surface area contributed by atoms with Crippen molar-refractivity contribution < 1.29 is 19.2 Å². The second-order valence-electron chi connectivity index (χ2n) is 30.4. The van der Waals surface area contributed by atoms with Crippen LogP contribution in [0, 0.1) is 63.6 Å². The topological polar surface area (TPSA) is 379 Å². The number of hydrogen-bond donors (Lipinski definition) is 4. The molecule has 2 aliphatic carbocycles. The second kappa shape index (κ2) is 31.2. The summed E-state index contributed by atoms with van der Waals surface area (Å²) in [5.41, 5.74) is 32.4. The van der Waals surface area contributed by atoms with Crippen molar-refractivity contribution >= 4 is 114 Å². The summed E-state index contributed by atoms with van der Waals surface area (Å²) in [5, 5.41) is 54.6. The summed E-state index contributed by atoms with van der Waals surface area (Å²) >= 11 is 8.01. The van der Waals surface area contributed by atoms with Gasteiger partial charge >= 0.3 is 0 Å². The smallest absolute Gasteiger partial charge is 0.239 e. The van der Waals surface area contributed by atoms with Gasteiger partial charge in [-0.05, 0) is 205 Å². The van der Waals surface area contributed by atoms with Gasteiger partial charge in [0, 0.05) is 82.1 Å². The Labute approximate surface area is 691 Å². The molecule has 5 aromatic carbocycles. The molecule has 4 amide bonds. The highest BCUT2D eigenvalue weighted by Crippen LogP contribution is 2.53. The molecule has 6 aromatic heterocycles. The average molecular weight is 1630 g/mol. The minimum Gasteiger partial charge on any atom is -0.369 e. The largest absolute Gasteiger partial charge is 0.369 e. The van der Waals surface area contributed by atoms with Gasteiger partial charge in [0.25, 0.3) is 0 Å². The van der Waals surface area contributed by atoms with Crippen molar-refractivity contribution in [2.45, 2.75) is 118 Å². The molecule has 6 aliphatic rings. The van der Waals surface area contributed by atoms with Gasteiger partial charge in [-0.25, -0.2) is 25.0 Å². The van der Waals surface area contributed by atoms with Crippen LogP contribution in [0.1, 0.15) is 142 Å². The molecule has 17 rings (SSSR count). The minimum absolute atomic E-state index is 0.00562. The van der Waals surface area contributed by atoms with E-state index in [2.05, 4.69) is 92.9 Å². The molecule has 0 spiro atoms. The lowest BCUT2D eigenvalue weighted by Gasteiger charge is -2.40. The SMILES string of the molecule is CN1C(=O)C[C@@](C)(c2ncc(-c3cncc(C#N)c3)s2)N=C1N.CN1C(=O)[C@@H](c2ccc(C3(C#N)CC3)cc2)[C@@](C)(c2cc(-c3cccc(C#N)c3)cs2)N=C1N.CN1C(=O)[C@H](c2ccc(C3(C#N)CC3)cc2)[C@@](C)(c2cc(-c3cccc(C#N)c3)cs2)N=C1N.Cc1ccc(-c2cc([C@]3(C)CC(=O)N(C)C(N)=N3)cc3ccsc23)s1. The first-order chi connectivity index (χ1) is 55.4. The summed E-state index contributed by atoms with van der Waals surface area (Å²) in [6.07, 6.45) is 8.92. The van der Waals surface area contributed by atoms with Gasteiger partial charge in [0.05, 0.1) is 86.9 Å². The number of nitrogens with zero attached hydrogens (tertiary/aromatic N) is 15. The number of pyridine rings is 1. The first-order valence-electron chi connectivity index (χ1n) is 37.0. The summed E-state index contributed by atoms with van der Waals surface area (Å²) in [5.74, 6) is -0.631. The van der Waals surface area contributed by atoms with Gasteiger partial charge in [0.2, 0.25) is 23.6 Å². The third-order valence-corrected chi connectivity index (χ3v) is 28.1. The van der Waals surface area contributed by atoms with Crippen LogP contribution in [0.15, 0.2) is 200 Å². The monoisotopic (exact) mass is 1630 g/mol. The zero-order valence-corrected chi connectivity index (χ0v) is 69.0. The summed E-state index contributed by atoms with van der Waals surface area (Å²) < 4.78 is 1.27. The molecule has 4 aliphatic heterocycles. The molecule has 11 aromatic rings. The Bertz CT molecular complexity index is 5920. The highest BCUT2D eigenvalue weighted by Gasteiger charge is 2.52. The number of guanidine groups is 4. The number of carbonyl (C=O) groups excluding carboxylic acids is 4. The number of aryl methyl sites for hydroxylation is 1. The zero-order chi connectivity index (χ0) is 82.6. The van der Waals surface area contributed by atoms with E-state index in [0.717, 1.165) is 95.9 Å². The Balaban J connectivity index is 0.000000129. The van der Waals surface area contributed by atoms with E-state index in [0.29, 0.717) is 28.1 Å². The van der Waals surface area contributed by atoms with Crippen LogP contribution in [0.3, 0.4) is 0 Å². The molecular weight excluding hydrogens is 1550 g/mol. The number of fused-ring (bicyclic) bond motifs is 1. The van der Waals surface area contributed by atoms with Crippen molar-refractivity contribution in [3.8, 4) is 73.5 Å². The van der Waals surface area contributed by atoms with Gasteiger partial charge in [-0.15, -0.1) is 56.7 Å². The van der Waals surface area contributed by atoms with Crippen LogP contribution < -0.4 is 22.9 Å². The lowest BCUT2D eigenvalue weighted by atomic mass is 9.77. The van der Waals surface area contributed by atoms with Gasteiger partial charge in [-0.2, -0.15) is 26.3 Å². The Morgan fingerprint density at radius 3 is 1.39 bits per heavy atom. The standard InChI is InChI=1S/2C27H23N5OS.C19H19N3OS2.C15H14N6OS/c2*1-26(22-13-20(15-34-22)19-5-3-4-17(12-19)14-28)23(24(33)32(2)25(30)31-26)18-6-8-21(9-7-18)27(16-29)10-11-27;1-11-4-5-15(25-11)14-9-13(8-12-6-7-24-17(12)14)19(2)10-16(23)22(3)18(20)21-19;1-15(4-12(22)21(2)14(17)20-15)13-19-8-11(23-13)10-3-9(5-16)6-18-7-10/h2*3-9,12-13,15,23H,10-11H2,1-2H3,(H2,30,31);4-9H,10H2,1-3H3,(H2,20,21);3,6-8H,4H2,1-2H3,(H2,17,20)/t23-,26+;23-,26-;19-;15-/m0100/s1. The van der Waals surface area contributed by atoms with Crippen molar-refractivity contribution in [3.05, 3.63) is 244 Å². The van der Waals surface area contributed by atoms with Gasteiger partial charge < -0.3 is 22.9 Å². The van der Waals surface area contributed by atoms with Gasteiger partial charge in [0.15, 0.2) is 23.8 Å². The molecule has 28 heteroatoms. The number of aliphatic imine (C=N–C) groups is 4. The van der Waals surface area contributed by atoms with Crippen LogP contribution >= 0.6 is 56.7 Å². The maximum absolute atomic E-state index is 13.5. The number of likely N-dealkylation sites (N-methyl/N-ethyl adjacent to an activating group) is 2. The number of thiophene rings is 4. The third kappa shape index (κ3) is 15.1. The molecule has 0 saturated heterocycles. The van der Waals surface area contributed by atoms with Crippen molar-refractivity contribution in [2.24, 2.45) is 42.9 Å². The summed E-state index contributed by atoms with van der Waals surface area (Å²) in [4.78, 5) is 89.4. The van der Waals surface area contributed by atoms with Crippen LogP contribution in [0.2, 0.25) is 0 Å². The number of benzene rings is 5. The fourth-order valence-electron chi connectivity index (χ4n) is 14.9. The summed E-state index contributed by atoms with van der Waals surface area (Å²) in [6.45, 7) is 9.84. The molecule has 580 valence electrons. The summed E-state index contributed by atoms with van der Waals surface area (Å²) in [7, 11) is 6.56. The molecule has 0 radical (unpaired) electrons. The van der Waals surface area contributed by atoms with E-state index < -0.39 is 34.0 Å². The van der Waals surface area contributed by atoms with Crippen molar-refractivity contribution in [1.82, 2.24) is 29.6 Å². The number of aromatic nitrogens is 2. The number of nitriles is 5. The van der Waals surface area contributed by atoms with E-state index in [1.54, 1.807) is 81.5 Å². The highest BCUT2D eigenvalue weighted by atomic mass is 32.1. The molecule has 23 nitrogen and oxygen atoms in total. The van der Waals surface area contributed by atoms with Crippen LogP contribution in [0.25, 0.3) is 53.2 Å². The number of thiazole rings is 1. The number of amides is 4. The van der Waals surface area contributed by atoms with Crippen LogP contribution in [-0.2, 0) is 52.2 Å². The van der Waals surface area contributed by atoms with E-state index in [-0.39, 0.29) is 64.7 Å². The molecule has 10 heterocycles. The maximum atomic E-state index is 13.5. The fraction of sp³-hybridized carbons (Fsp3) is 0.261. The Morgan fingerprint density at radius 2 is 0.931 bits per heavy atom. The quantitative estimate of drug-likeness (QED) is 0.0883. The van der Waals surface area contributed by atoms with Gasteiger partial charge in [-0.3, -0.25) is 43.8 Å². The van der Waals surface area contributed by atoms with E-state index in [9.17, 15) is 40.2 Å². The molecule has 116 heavy (non-hydrogen) atoms. The normalized spacial score (nSPS) is 22.2. The fourth-order valence-corrected chi connectivity index (χ4v) is 19.9. The van der Waals surface area contributed by atoms with Crippen molar-refractivity contribution in [3.63, 3.8) is 0 Å². The molecule has 2 fully saturated rings. The summed E-state index contributed by atoms with van der Waals surface area (Å²) in [6, 6.07) is 58.4. The van der Waals surface area contributed by atoms with E-state index in [4.69, 9.17) is 38.2 Å². The maximum Gasteiger partial charge on any atom is 0.239 e. The lowest BCUT2D eigenvalue weighted by molar-refractivity contribution is -0.131. The number of nitrogens with two attached hydrogens (primary N) is 4. The van der Waals surface area contributed by atoms with Crippen LogP contribution in [0.5, 0.6) is 0 Å². The van der Waals surface area contributed by atoms with Crippen LogP contribution in [-0.4, -0.2) is 105 Å². The molecule has 6 atom stereocenters. The molecule has 2 saturated carbocycles. The average Bonchev–Trinajstić information content (AvgIpc) is 1.31. The number of carbonyl (C=O) groups is 4. The first-order valence-corrected chi connectivity index (χ1v) is 41.3. The lowest BCUT2D eigenvalue weighted by Crippen LogP contribution is -2.52. The van der Waals surface area contributed by atoms with E-state index >= 15 is 0 Å². The van der Waals surface area contributed by atoms with E-state index in [1.165, 1.54) is 85.2 Å². The van der Waals surface area contributed by atoms with Gasteiger partial charge in [0.1, 0.15) is 27.7 Å². The van der Waals surface area contributed by atoms with Crippen molar-refractivity contribution in [2.75, 3.05) is 28.2 Å². The third-order valence-electron chi connectivity index (χ3n) is 22.5. The number of rotatable bonds is 12. The number of hydrogen-bond acceptors (Lipinski definition) is 24. The minimum atomic E-state index is -0.891. The predicted molar refractivity (Wildman–Crippen MR) is 457 cm³/mol. The second-order valence-corrected chi connectivity index (χ2v) is 35.5. The molecule has 0 unspecified atom stereocenters.